The van der Waals surface area contributed by atoms with E-state index < -0.39 is 8.32 Å². The molecule has 0 N–H and O–H groups in total. The molecule has 0 aromatic heterocycles. The Labute approximate surface area is 200 Å². The number of carbonyl (C=O) groups is 2. The second kappa shape index (κ2) is 13.2. The van der Waals surface area contributed by atoms with Gasteiger partial charge in [0.15, 0.2) is 5.78 Å². The predicted octanol–water partition coefficient (Wildman–Crippen LogP) is 5.78. The minimum absolute atomic E-state index is 0.0328. The van der Waals surface area contributed by atoms with Crippen molar-refractivity contribution in [3.05, 3.63) is 85.0 Å². The van der Waals surface area contributed by atoms with E-state index in [9.17, 15) is 9.59 Å². The van der Waals surface area contributed by atoms with E-state index in [4.69, 9.17) is 4.43 Å². The summed E-state index contributed by atoms with van der Waals surface area (Å²) in [6.45, 7) is 9.00. The van der Waals surface area contributed by atoms with Gasteiger partial charge in [0.05, 0.1) is 6.10 Å². The number of ketones is 1. The van der Waals surface area contributed by atoms with Gasteiger partial charge in [-0.2, -0.15) is 0 Å². The summed E-state index contributed by atoms with van der Waals surface area (Å²) < 4.78 is 7.14. The zero-order valence-corrected chi connectivity index (χ0v) is 21.5. The number of unbranched alkanes of at least 4 members (excludes halogenated alkanes) is 1. The Kier molecular flexibility index (Phi) is 10.7. The molecule has 4 heteroatoms. The van der Waals surface area contributed by atoms with Crippen molar-refractivity contribution in [1.82, 2.24) is 0 Å². The van der Waals surface area contributed by atoms with E-state index in [1.165, 1.54) is 10.4 Å². The summed E-state index contributed by atoms with van der Waals surface area (Å²) in [7, 11) is -2.60. The molecule has 1 atom stereocenters. The van der Waals surface area contributed by atoms with Crippen LogP contribution in [0.2, 0.25) is 5.04 Å². The van der Waals surface area contributed by atoms with Gasteiger partial charge in [-0.3, -0.25) is 4.79 Å². The zero-order valence-electron chi connectivity index (χ0n) is 20.5. The number of aldehydes is 1. The Balaban J connectivity index is 2.24. The average molecular weight is 463 g/mol. The third-order valence-corrected chi connectivity index (χ3v) is 10.9. The lowest BCUT2D eigenvalue weighted by Crippen LogP contribution is -2.67. The van der Waals surface area contributed by atoms with Crippen LogP contribution in [0, 0.1) is 0 Å². The standard InChI is InChI=1S/C29H38O3Si/c1-5-26(19-15-14-18-25(31)17-9-8-16-24-30)32-33(29(2,3)4,27-20-10-6-11-21-27)28-22-12-7-13-23-28/h6-7,9-13,15,17,19-24,26H,5,8,14,16,18H2,1-4H3/b17-9+,19-15-/t26-/m0/s1. The van der Waals surface area contributed by atoms with Gasteiger partial charge in [0.1, 0.15) is 6.29 Å². The molecule has 0 aliphatic rings. The minimum atomic E-state index is -2.60. The van der Waals surface area contributed by atoms with E-state index in [2.05, 4.69) is 101 Å². The van der Waals surface area contributed by atoms with E-state index in [1.807, 2.05) is 0 Å². The fraction of sp³-hybridized carbons (Fsp3) is 0.379. The van der Waals surface area contributed by atoms with Crippen molar-refractivity contribution in [2.75, 3.05) is 0 Å². The van der Waals surface area contributed by atoms with Crippen LogP contribution in [0.25, 0.3) is 0 Å². The molecule has 176 valence electrons. The summed E-state index contributed by atoms with van der Waals surface area (Å²) in [6, 6.07) is 21.3. The Hall–Kier alpha value is -2.56. The predicted molar refractivity (Wildman–Crippen MR) is 141 cm³/mol. The van der Waals surface area contributed by atoms with Gasteiger partial charge in [0.2, 0.25) is 0 Å². The lowest BCUT2D eigenvalue weighted by atomic mass is 10.1. The van der Waals surface area contributed by atoms with E-state index >= 15 is 0 Å². The van der Waals surface area contributed by atoms with Crippen molar-refractivity contribution >= 4 is 30.8 Å². The molecule has 0 aliphatic heterocycles. The number of hydrogen-bond acceptors (Lipinski definition) is 3. The van der Waals surface area contributed by atoms with Crippen molar-refractivity contribution in [3.63, 3.8) is 0 Å². The van der Waals surface area contributed by atoms with Gasteiger partial charge < -0.3 is 9.22 Å². The first-order chi connectivity index (χ1) is 15.8. The molecule has 0 amide bonds. The Bertz CT molecular complexity index is 871. The number of hydrogen-bond donors (Lipinski definition) is 0. The summed E-state index contributed by atoms with van der Waals surface area (Å²) in [5.74, 6) is 0.0894. The van der Waals surface area contributed by atoms with E-state index in [1.54, 1.807) is 12.2 Å². The number of allylic oxidation sites excluding steroid dienone is 3. The molecule has 0 fully saturated rings. The summed E-state index contributed by atoms with van der Waals surface area (Å²) in [4.78, 5) is 22.4. The molecular weight excluding hydrogens is 424 g/mol. The first-order valence-electron chi connectivity index (χ1n) is 11.9. The van der Waals surface area contributed by atoms with Gasteiger partial charge in [0.25, 0.3) is 8.32 Å². The maximum absolute atomic E-state index is 12.0. The van der Waals surface area contributed by atoms with Crippen LogP contribution in [0.3, 0.4) is 0 Å². The summed E-state index contributed by atoms with van der Waals surface area (Å²) >= 11 is 0. The molecule has 0 saturated carbocycles. The van der Waals surface area contributed by atoms with Crippen molar-refractivity contribution in [1.29, 1.82) is 0 Å². The number of carbonyl (C=O) groups excluding carboxylic acids is 2. The normalized spacial score (nSPS) is 13.5. The molecule has 0 unspecified atom stereocenters. The molecule has 0 saturated heterocycles. The largest absolute Gasteiger partial charge is 0.401 e. The van der Waals surface area contributed by atoms with Crippen LogP contribution >= 0.6 is 0 Å². The van der Waals surface area contributed by atoms with Gasteiger partial charge in [-0.15, -0.1) is 0 Å². The van der Waals surface area contributed by atoms with Gasteiger partial charge in [-0.1, -0.05) is 107 Å². The number of rotatable bonds is 13. The second-order valence-electron chi connectivity index (χ2n) is 9.31. The second-order valence-corrected chi connectivity index (χ2v) is 13.6. The van der Waals surface area contributed by atoms with Crippen molar-refractivity contribution in [2.24, 2.45) is 0 Å². The Morgan fingerprint density at radius 2 is 1.48 bits per heavy atom. The molecule has 2 aromatic rings. The quantitative estimate of drug-likeness (QED) is 0.125. The average Bonchev–Trinajstić information content (AvgIpc) is 2.82. The highest BCUT2D eigenvalue weighted by Gasteiger charge is 2.51. The molecule has 0 bridgehead atoms. The van der Waals surface area contributed by atoms with Crippen LogP contribution in [-0.2, 0) is 14.0 Å². The van der Waals surface area contributed by atoms with Gasteiger partial charge in [-0.05, 0) is 40.8 Å². The van der Waals surface area contributed by atoms with Gasteiger partial charge >= 0.3 is 0 Å². The Morgan fingerprint density at radius 3 is 1.97 bits per heavy atom. The van der Waals surface area contributed by atoms with Crippen LogP contribution in [0.5, 0.6) is 0 Å². The molecule has 3 nitrogen and oxygen atoms in total. The minimum Gasteiger partial charge on any atom is -0.401 e. The molecular formula is C29H38O3Si. The molecule has 0 spiro atoms. The van der Waals surface area contributed by atoms with Gasteiger partial charge in [-0.25, -0.2) is 0 Å². The third-order valence-electron chi connectivity index (χ3n) is 5.81. The van der Waals surface area contributed by atoms with Crippen molar-refractivity contribution in [3.8, 4) is 0 Å². The molecule has 0 heterocycles. The van der Waals surface area contributed by atoms with E-state index in [0.717, 1.165) is 12.7 Å². The maximum Gasteiger partial charge on any atom is 0.261 e. The highest BCUT2D eigenvalue weighted by Crippen LogP contribution is 2.38. The van der Waals surface area contributed by atoms with Crippen molar-refractivity contribution < 1.29 is 14.0 Å². The van der Waals surface area contributed by atoms with Crippen molar-refractivity contribution in [2.45, 2.75) is 70.9 Å². The first-order valence-corrected chi connectivity index (χ1v) is 13.8. The van der Waals surface area contributed by atoms with Crippen LogP contribution in [-0.4, -0.2) is 26.5 Å². The molecule has 0 radical (unpaired) electrons. The third kappa shape index (κ3) is 7.48. The highest BCUT2D eigenvalue weighted by molar-refractivity contribution is 6.99. The smallest absolute Gasteiger partial charge is 0.261 e. The summed E-state index contributed by atoms with van der Waals surface area (Å²) in [5.41, 5.74) is 0. The fourth-order valence-electron chi connectivity index (χ4n) is 4.11. The van der Waals surface area contributed by atoms with Crippen LogP contribution in [0.1, 0.15) is 59.8 Å². The molecule has 2 aromatic carbocycles. The van der Waals surface area contributed by atoms with Gasteiger partial charge in [0, 0.05) is 12.8 Å². The fourth-order valence-corrected chi connectivity index (χ4v) is 8.83. The van der Waals surface area contributed by atoms with E-state index in [0.29, 0.717) is 25.7 Å². The number of benzene rings is 2. The molecule has 33 heavy (non-hydrogen) atoms. The highest BCUT2D eigenvalue weighted by atomic mass is 28.4. The van der Waals surface area contributed by atoms with E-state index in [-0.39, 0.29) is 16.9 Å². The van der Waals surface area contributed by atoms with Crippen LogP contribution in [0.15, 0.2) is 85.0 Å². The Morgan fingerprint density at radius 1 is 0.909 bits per heavy atom. The summed E-state index contributed by atoms with van der Waals surface area (Å²) in [5, 5.41) is 2.47. The summed E-state index contributed by atoms with van der Waals surface area (Å²) in [6.07, 6.45) is 11.5. The monoisotopic (exact) mass is 462 g/mol. The maximum atomic E-state index is 12.0. The lowest BCUT2D eigenvalue weighted by Gasteiger charge is -2.44. The molecule has 2 rings (SSSR count). The van der Waals surface area contributed by atoms with Crippen LogP contribution < -0.4 is 10.4 Å². The topological polar surface area (TPSA) is 43.4 Å². The van der Waals surface area contributed by atoms with Crippen LogP contribution in [0.4, 0.5) is 0 Å². The SMILES string of the molecule is CC[C@@H](/C=C\CCC(=O)/C=C/CCC=O)O[Si](c1ccccc1)(c1ccccc1)C(C)(C)C. The molecule has 0 aliphatic carbocycles. The first kappa shape index (κ1) is 26.7. The zero-order chi connectivity index (χ0) is 24.2. The lowest BCUT2D eigenvalue weighted by molar-refractivity contribution is -0.114.